The maximum Gasteiger partial charge on any atom is 0.320 e. The summed E-state index contributed by atoms with van der Waals surface area (Å²) in [5.74, 6) is 0.291. The molecular weight excluding hydrogens is 362 g/mol. The van der Waals surface area contributed by atoms with E-state index >= 15 is 0 Å². The number of hydrogen-bond donors (Lipinski definition) is 1. The minimum atomic E-state index is 0.229. The van der Waals surface area contributed by atoms with Crippen molar-refractivity contribution in [3.05, 3.63) is 0 Å². The second-order valence-corrected chi connectivity index (χ2v) is 6.93. The number of nitrogens with two attached hydrogens (primary N) is 1. The molecule has 1 fully saturated rings. The van der Waals surface area contributed by atoms with Gasteiger partial charge < -0.3 is 24.7 Å². The molecule has 2 aromatic heterocycles. The molecule has 1 atom stereocenters. The van der Waals surface area contributed by atoms with E-state index in [0.29, 0.717) is 49.4 Å². The van der Waals surface area contributed by atoms with E-state index in [4.69, 9.17) is 24.7 Å². The highest BCUT2D eigenvalue weighted by atomic mass is 16.5. The van der Waals surface area contributed by atoms with Crippen LogP contribution in [0.3, 0.4) is 0 Å². The Morgan fingerprint density at radius 2 is 2.07 bits per heavy atom. The number of nitrogen functional groups attached to an aromatic ring is 1. The zero-order chi connectivity index (χ0) is 19.8. The number of aryl methyl sites for hydroxylation is 1. The van der Waals surface area contributed by atoms with Crippen LogP contribution in [0.5, 0.6) is 12.0 Å². The molecule has 0 radical (unpaired) electrons. The van der Waals surface area contributed by atoms with Gasteiger partial charge in [-0.15, -0.1) is 0 Å². The second kappa shape index (κ2) is 10.4. The van der Waals surface area contributed by atoms with Crippen LogP contribution in [0.1, 0.15) is 45.4 Å². The lowest BCUT2D eigenvalue weighted by atomic mass is 10.1. The number of fused-ring (bicyclic) bond motifs is 1. The van der Waals surface area contributed by atoms with Gasteiger partial charge in [-0.1, -0.05) is 13.3 Å². The Morgan fingerprint density at radius 1 is 1.18 bits per heavy atom. The van der Waals surface area contributed by atoms with Gasteiger partial charge in [0.1, 0.15) is 0 Å². The second-order valence-electron chi connectivity index (χ2n) is 6.93. The molecule has 1 aliphatic heterocycles. The van der Waals surface area contributed by atoms with Crippen LogP contribution in [0, 0.1) is 0 Å². The van der Waals surface area contributed by atoms with Gasteiger partial charge in [0.05, 0.1) is 26.4 Å². The van der Waals surface area contributed by atoms with Crippen molar-refractivity contribution in [1.29, 1.82) is 0 Å². The average Bonchev–Trinajstić information content (AvgIpc) is 3.07. The van der Waals surface area contributed by atoms with Gasteiger partial charge in [0.15, 0.2) is 17.0 Å². The van der Waals surface area contributed by atoms with Crippen molar-refractivity contribution in [2.75, 3.05) is 39.3 Å². The van der Waals surface area contributed by atoms with E-state index in [2.05, 4.69) is 21.9 Å². The molecule has 0 amide bonds. The molecule has 28 heavy (non-hydrogen) atoms. The molecule has 9 heteroatoms. The fourth-order valence-electron chi connectivity index (χ4n) is 3.19. The van der Waals surface area contributed by atoms with Crippen molar-refractivity contribution >= 4 is 17.0 Å². The molecule has 2 N–H and O–H groups in total. The first-order valence-electron chi connectivity index (χ1n) is 10.1. The minimum Gasteiger partial charge on any atom is -0.468 e. The summed E-state index contributed by atoms with van der Waals surface area (Å²) in [5.41, 5.74) is 7.20. The fourth-order valence-corrected chi connectivity index (χ4v) is 3.19. The number of hydrogen-bond acceptors (Lipinski definition) is 8. The largest absolute Gasteiger partial charge is 0.468 e. The first kappa shape index (κ1) is 20.6. The van der Waals surface area contributed by atoms with Crippen molar-refractivity contribution in [2.45, 2.75) is 58.1 Å². The van der Waals surface area contributed by atoms with Crippen LogP contribution in [-0.2, 0) is 16.0 Å². The molecule has 9 nitrogen and oxygen atoms in total. The topological polar surface area (TPSA) is 107 Å². The zero-order valence-electron chi connectivity index (χ0n) is 16.9. The molecule has 0 saturated carbocycles. The molecular formula is C19H31N5O4. The van der Waals surface area contributed by atoms with Gasteiger partial charge in [-0.2, -0.15) is 15.0 Å². The summed E-state index contributed by atoms with van der Waals surface area (Å²) in [6.07, 6.45) is 6.45. The van der Waals surface area contributed by atoms with Gasteiger partial charge in [-0.3, -0.25) is 4.57 Å². The van der Waals surface area contributed by atoms with E-state index in [-0.39, 0.29) is 12.1 Å². The quantitative estimate of drug-likeness (QED) is 0.581. The van der Waals surface area contributed by atoms with Crippen LogP contribution < -0.4 is 15.2 Å². The molecule has 1 aliphatic rings. The molecule has 0 bridgehead atoms. The first-order chi connectivity index (χ1) is 13.7. The van der Waals surface area contributed by atoms with Crippen molar-refractivity contribution in [3.8, 4) is 12.0 Å². The Balaban J connectivity index is 1.61. The molecule has 0 aromatic carbocycles. The predicted octanol–water partition coefficient (Wildman–Crippen LogP) is 2.57. The fraction of sp³-hybridized carbons (Fsp3) is 0.737. The minimum absolute atomic E-state index is 0.229. The summed E-state index contributed by atoms with van der Waals surface area (Å²) in [5, 5.41) is 0. The molecule has 3 rings (SSSR count). The third kappa shape index (κ3) is 5.23. The highest BCUT2D eigenvalue weighted by molar-refractivity contribution is 5.83. The van der Waals surface area contributed by atoms with E-state index in [0.717, 1.165) is 38.7 Å². The summed E-state index contributed by atoms with van der Waals surface area (Å²) >= 11 is 0. The van der Waals surface area contributed by atoms with Crippen molar-refractivity contribution < 1.29 is 18.9 Å². The van der Waals surface area contributed by atoms with Gasteiger partial charge in [-0.25, -0.2) is 0 Å². The van der Waals surface area contributed by atoms with E-state index in [1.165, 1.54) is 6.42 Å². The van der Waals surface area contributed by atoms with E-state index in [1.54, 1.807) is 7.11 Å². The summed E-state index contributed by atoms with van der Waals surface area (Å²) in [6.45, 7) is 5.43. The summed E-state index contributed by atoms with van der Waals surface area (Å²) in [7, 11) is 1.58. The Labute approximate surface area is 165 Å². The van der Waals surface area contributed by atoms with Gasteiger partial charge in [0.2, 0.25) is 0 Å². The van der Waals surface area contributed by atoms with E-state index < -0.39 is 0 Å². The van der Waals surface area contributed by atoms with Crippen LogP contribution in [-0.4, -0.2) is 59.2 Å². The van der Waals surface area contributed by atoms with Crippen molar-refractivity contribution in [2.24, 2.45) is 0 Å². The summed E-state index contributed by atoms with van der Waals surface area (Å²) in [6, 6.07) is 0.727. The lowest BCUT2D eigenvalue weighted by Crippen LogP contribution is -2.24. The highest BCUT2D eigenvalue weighted by Gasteiger charge is 2.18. The number of nitrogens with zero attached hydrogens (tertiary/aromatic N) is 4. The monoisotopic (exact) mass is 393 g/mol. The molecule has 0 aliphatic carbocycles. The first-order valence-corrected chi connectivity index (χ1v) is 10.1. The Morgan fingerprint density at radius 3 is 2.82 bits per heavy atom. The lowest BCUT2D eigenvalue weighted by molar-refractivity contribution is -0.0412. The third-order valence-corrected chi connectivity index (χ3v) is 4.73. The van der Waals surface area contributed by atoms with Crippen LogP contribution in [0.25, 0.3) is 11.2 Å². The SMILES string of the molecule is CCCCOc1nc(N)c2nc(OC)n(CCCOC[C@H]3CCCCO3)c2n1. The Kier molecular flexibility index (Phi) is 7.67. The van der Waals surface area contributed by atoms with Crippen LogP contribution >= 0.6 is 0 Å². The average molecular weight is 393 g/mol. The maximum absolute atomic E-state index is 6.06. The smallest absolute Gasteiger partial charge is 0.320 e. The maximum atomic E-state index is 6.06. The molecule has 156 valence electrons. The highest BCUT2D eigenvalue weighted by Crippen LogP contribution is 2.25. The summed E-state index contributed by atoms with van der Waals surface area (Å²) in [4.78, 5) is 13.1. The van der Waals surface area contributed by atoms with E-state index in [1.807, 2.05) is 4.57 Å². The standard InChI is InChI=1S/C19H31N5O4/c1-3-4-11-28-18-22-16(20)15-17(23-18)24(19(21-15)25-2)9-7-10-26-13-14-8-5-6-12-27-14/h14H,3-13H2,1-2H3,(H2,20,22,23)/t14-/m1/s1. The van der Waals surface area contributed by atoms with Crippen molar-refractivity contribution in [1.82, 2.24) is 19.5 Å². The number of unbranched alkanes of at least 4 members (excludes halogenated alkanes) is 1. The normalized spacial score (nSPS) is 17.1. The lowest BCUT2D eigenvalue weighted by Gasteiger charge is -2.22. The number of imidazole rings is 1. The van der Waals surface area contributed by atoms with Gasteiger partial charge in [0.25, 0.3) is 6.01 Å². The van der Waals surface area contributed by atoms with Crippen LogP contribution in [0.4, 0.5) is 5.82 Å². The summed E-state index contributed by atoms with van der Waals surface area (Å²) < 4.78 is 24.4. The Hall–Kier alpha value is -2.13. The van der Waals surface area contributed by atoms with E-state index in [9.17, 15) is 0 Å². The number of anilines is 1. The molecule has 1 saturated heterocycles. The van der Waals surface area contributed by atoms with Gasteiger partial charge >= 0.3 is 6.01 Å². The molecule has 0 unspecified atom stereocenters. The van der Waals surface area contributed by atoms with Crippen molar-refractivity contribution in [3.63, 3.8) is 0 Å². The Bertz CT molecular complexity index is 745. The number of methoxy groups -OCH3 is 1. The zero-order valence-corrected chi connectivity index (χ0v) is 16.9. The number of rotatable bonds is 11. The molecule has 3 heterocycles. The number of ether oxygens (including phenoxy) is 4. The van der Waals surface area contributed by atoms with Crippen LogP contribution in [0.15, 0.2) is 0 Å². The molecule has 2 aromatic rings. The molecule has 0 spiro atoms. The third-order valence-electron chi connectivity index (χ3n) is 4.73. The van der Waals surface area contributed by atoms with Gasteiger partial charge in [-0.05, 0) is 32.1 Å². The van der Waals surface area contributed by atoms with Crippen LogP contribution in [0.2, 0.25) is 0 Å². The number of aromatic nitrogens is 4. The van der Waals surface area contributed by atoms with Gasteiger partial charge in [0, 0.05) is 19.8 Å². The predicted molar refractivity (Wildman–Crippen MR) is 106 cm³/mol.